The Balaban J connectivity index is 0.00000225. The van der Waals surface area contributed by atoms with Crippen LogP contribution < -0.4 is 5.32 Å². The quantitative estimate of drug-likeness (QED) is 0.875. The van der Waals surface area contributed by atoms with Crippen molar-refractivity contribution in [1.82, 2.24) is 10.3 Å². The van der Waals surface area contributed by atoms with Crippen LogP contribution in [0.4, 0.5) is 0 Å². The van der Waals surface area contributed by atoms with E-state index >= 15 is 0 Å². The monoisotopic (exact) mass is 242 g/mol. The van der Waals surface area contributed by atoms with Crippen molar-refractivity contribution < 1.29 is 0 Å². The van der Waals surface area contributed by atoms with Gasteiger partial charge in [-0.25, -0.2) is 0 Å². The first-order valence-electron chi connectivity index (χ1n) is 5.66. The van der Waals surface area contributed by atoms with Gasteiger partial charge in [-0.05, 0) is 23.5 Å². The van der Waals surface area contributed by atoms with E-state index in [1.54, 1.807) is 0 Å². The zero-order chi connectivity index (χ0) is 11.3. The van der Waals surface area contributed by atoms with Crippen LogP contribution in [0.5, 0.6) is 0 Å². The summed E-state index contributed by atoms with van der Waals surface area (Å²) in [7, 11) is 0. The van der Waals surface area contributed by atoms with E-state index in [1.807, 2.05) is 18.5 Å². The number of aromatic nitrogens is 1. The highest BCUT2D eigenvalue weighted by atomic mass is 35.5. The molecule has 1 atom stereocenters. The highest BCUT2D eigenvalue weighted by molar-refractivity contribution is 5.85. The Bertz CT molecular complexity index is 280. The maximum atomic E-state index is 4.11. The SMILES string of the molecule is CCC(NCc1cccnc1)C(C)(C)C.Cl. The van der Waals surface area contributed by atoms with Gasteiger partial charge in [-0.2, -0.15) is 0 Å². The number of hydrogen-bond acceptors (Lipinski definition) is 2. The van der Waals surface area contributed by atoms with Crippen molar-refractivity contribution in [1.29, 1.82) is 0 Å². The van der Waals surface area contributed by atoms with Crippen LogP contribution in [0.2, 0.25) is 0 Å². The lowest BCUT2D eigenvalue weighted by Crippen LogP contribution is -2.39. The molecule has 0 spiro atoms. The first-order chi connectivity index (χ1) is 7.04. The molecule has 1 aromatic heterocycles. The average Bonchev–Trinajstić information content (AvgIpc) is 2.18. The van der Waals surface area contributed by atoms with E-state index < -0.39 is 0 Å². The molecule has 0 fully saturated rings. The molecule has 0 radical (unpaired) electrons. The number of pyridine rings is 1. The number of hydrogen-bond donors (Lipinski definition) is 1. The van der Waals surface area contributed by atoms with Crippen LogP contribution in [0.25, 0.3) is 0 Å². The van der Waals surface area contributed by atoms with Gasteiger partial charge < -0.3 is 5.32 Å². The van der Waals surface area contributed by atoms with Gasteiger partial charge >= 0.3 is 0 Å². The van der Waals surface area contributed by atoms with Crippen molar-refractivity contribution in [2.75, 3.05) is 0 Å². The highest BCUT2D eigenvalue weighted by Crippen LogP contribution is 2.21. The van der Waals surface area contributed by atoms with E-state index in [0.717, 1.165) is 13.0 Å². The highest BCUT2D eigenvalue weighted by Gasteiger charge is 2.21. The van der Waals surface area contributed by atoms with Crippen LogP contribution in [0.1, 0.15) is 39.7 Å². The average molecular weight is 243 g/mol. The molecule has 0 aromatic carbocycles. The first kappa shape index (κ1) is 15.4. The lowest BCUT2D eigenvalue weighted by molar-refractivity contribution is 0.259. The van der Waals surface area contributed by atoms with E-state index in [0.29, 0.717) is 11.5 Å². The third-order valence-corrected chi connectivity index (χ3v) is 2.73. The summed E-state index contributed by atoms with van der Waals surface area (Å²) >= 11 is 0. The minimum atomic E-state index is 0. The Morgan fingerprint density at radius 2 is 2.06 bits per heavy atom. The van der Waals surface area contributed by atoms with E-state index in [4.69, 9.17) is 0 Å². The van der Waals surface area contributed by atoms with E-state index in [2.05, 4.69) is 44.1 Å². The summed E-state index contributed by atoms with van der Waals surface area (Å²) in [5.74, 6) is 0. The third-order valence-electron chi connectivity index (χ3n) is 2.73. The molecule has 0 saturated carbocycles. The lowest BCUT2D eigenvalue weighted by atomic mass is 9.85. The number of nitrogens with one attached hydrogen (secondary N) is 1. The number of nitrogens with zero attached hydrogens (tertiary/aromatic N) is 1. The molecular weight excluding hydrogens is 220 g/mol. The van der Waals surface area contributed by atoms with Gasteiger partial charge in [-0.15, -0.1) is 12.4 Å². The zero-order valence-electron chi connectivity index (χ0n) is 10.7. The predicted molar refractivity (Wildman–Crippen MR) is 71.9 cm³/mol. The van der Waals surface area contributed by atoms with Crippen molar-refractivity contribution in [3.05, 3.63) is 30.1 Å². The molecule has 0 aliphatic rings. The van der Waals surface area contributed by atoms with Gasteiger partial charge in [0.25, 0.3) is 0 Å². The molecular formula is C13H23ClN2. The standard InChI is InChI=1S/C13H22N2.ClH/c1-5-12(13(2,3)4)15-10-11-7-6-8-14-9-11;/h6-9,12,15H,5,10H2,1-4H3;1H. The summed E-state index contributed by atoms with van der Waals surface area (Å²) in [5, 5.41) is 3.59. The van der Waals surface area contributed by atoms with Crippen LogP contribution >= 0.6 is 12.4 Å². The molecule has 2 nitrogen and oxygen atoms in total. The third kappa shape index (κ3) is 4.95. The van der Waals surface area contributed by atoms with Crippen molar-refractivity contribution >= 4 is 12.4 Å². The minimum absolute atomic E-state index is 0. The second-order valence-corrected chi connectivity index (χ2v) is 5.07. The second-order valence-electron chi connectivity index (χ2n) is 5.07. The summed E-state index contributed by atoms with van der Waals surface area (Å²) in [4.78, 5) is 4.11. The summed E-state index contributed by atoms with van der Waals surface area (Å²) in [6, 6.07) is 4.64. The lowest BCUT2D eigenvalue weighted by Gasteiger charge is -2.30. The smallest absolute Gasteiger partial charge is 0.0312 e. The summed E-state index contributed by atoms with van der Waals surface area (Å²) in [6.45, 7) is 9.96. The fourth-order valence-electron chi connectivity index (χ4n) is 1.81. The predicted octanol–water partition coefficient (Wildman–Crippen LogP) is 3.42. The number of halogens is 1. The van der Waals surface area contributed by atoms with Crippen LogP contribution in [0.15, 0.2) is 24.5 Å². The van der Waals surface area contributed by atoms with Gasteiger partial charge in [0.05, 0.1) is 0 Å². The summed E-state index contributed by atoms with van der Waals surface area (Å²) < 4.78 is 0. The largest absolute Gasteiger partial charge is 0.309 e. The Hall–Kier alpha value is -0.600. The molecule has 1 aromatic rings. The molecule has 16 heavy (non-hydrogen) atoms. The fraction of sp³-hybridized carbons (Fsp3) is 0.615. The molecule has 0 amide bonds. The maximum absolute atomic E-state index is 4.11. The second kappa shape index (κ2) is 6.87. The molecule has 92 valence electrons. The molecule has 1 heterocycles. The Morgan fingerprint density at radius 1 is 1.38 bits per heavy atom. The minimum Gasteiger partial charge on any atom is -0.309 e. The maximum Gasteiger partial charge on any atom is 0.0312 e. The van der Waals surface area contributed by atoms with Gasteiger partial charge in [0.1, 0.15) is 0 Å². The van der Waals surface area contributed by atoms with Gasteiger partial charge in [-0.1, -0.05) is 33.8 Å². The number of rotatable bonds is 4. The Labute approximate surface area is 105 Å². The first-order valence-corrected chi connectivity index (χ1v) is 5.66. The van der Waals surface area contributed by atoms with Gasteiger partial charge in [0.2, 0.25) is 0 Å². The van der Waals surface area contributed by atoms with E-state index in [1.165, 1.54) is 5.56 Å². The van der Waals surface area contributed by atoms with E-state index in [-0.39, 0.29) is 12.4 Å². The molecule has 1 N–H and O–H groups in total. The molecule has 1 unspecified atom stereocenters. The molecule has 0 aliphatic heterocycles. The topological polar surface area (TPSA) is 24.9 Å². The van der Waals surface area contributed by atoms with Gasteiger partial charge in [0, 0.05) is 25.0 Å². The van der Waals surface area contributed by atoms with Crippen molar-refractivity contribution in [2.24, 2.45) is 5.41 Å². The van der Waals surface area contributed by atoms with Crippen LogP contribution in [0.3, 0.4) is 0 Å². The Kier molecular flexibility index (Phi) is 6.61. The van der Waals surface area contributed by atoms with Gasteiger partial charge in [-0.3, -0.25) is 4.98 Å². The summed E-state index contributed by atoms with van der Waals surface area (Å²) in [5.41, 5.74) is 1.57. The molecule has 0 saturated heterocycles. The molecule has 3 heteroatoms. The van der Waals surface area contributed by atoms with Crippen molar-refractivity contribution in [3.63, 3.8) is 0 Å². The fourth-order valence-corrected chi connectivity index (χ4v) is 1.81. The van der Waals surface area contributed by atoms with Crippen LogP contribution in [-0.2, 0) is 6.54 Å². The summed E-state index contributed by atoms with van der Waals surface area (Å²) in [6.07, 6.45) is 4.89. The van der Waals surface area contributed by atoms with Crippen LogP contribution in [0, 0.1) is 5.41 Å². The Morgan fingerprint density at radius 3 is 2.50 bits per heavy atom. The van der Waals surface area contributed by atoms with Crippen molar-refractivity contribution in [3.8, 4) is 0 Å². The van der Waals surface area contributed by atoms with Gasteiger partial charge in [0.15, 0.2) is 0 Å². The van der Waals surface area contributed by atoms with E-state index in [9.17, 15) is 0 Å². The van der Waals surface area contributed by atoms with Crippen LogP contribution in [-0.4, -0.2) is 11.0 Å². The molecule has 0 bridgehead atoms. The van der Waals surface area contributed by atoms with Crippen molar-refractivity contribution in [2.45, 2.75) is 46.7 Å². The molecule has 0 aliphatic carbocycles. The molecule has 1 rings (SSSR count). The normalized spacial score (nSPS) is 13.0. The zero-order valence-corrected chi connectivity index (χ0v) is 11.5.